The van der Waals surface area contributed by atoms with E-state index in [1.807, 2.05) is 0 Å². The highest BCUT2D eigenvalue weighted by Gasteiger charge is 2.35. The van der Waals surface area contributed by atoms with Gasteiger partial charge < -0.3 is 4.74 Å². The monoisotopic (exact) mass is 290 g/mol. The van der Waals surface area contributed by atoms with Crippen LogP contribution in [-0.2, 0) is 0 Å². The van der Waals surface area contributed by atoms with Crippen LogP contribution < -0.4 is 4.74 Å². The van der Waals surface area contributed by atoms with E-state index in [1.54, 1.807) is 0 Å². The molecular formula is C21H22O. The van der Waals surface area contributed by atoms with E-state index in [4.69, 9.17) is 4.74 Å². The van der Waals surface area contributed by atoms with E-state index in [0.717, 1.165) is 30.1 Å². The average Bonchev–Trinajstić information content (AvgIpc) is 3.19. The normalized spacial score (nSPS) is 25.5. The molecule has 1 saturated carbocycles. The fraction of sp³-hybridized carbons (Fsp3) is 0.333. The van der Waals surface area contributed by atoms with Crippen molar-refractivity contribution in [3.05, 3.63) is 66.7 Å². The molecule has 2 bridgehead atoms. The summed E-state index contributed by atoms with van der Waals surface area (Å²) in [6.07, 6.45) is 8.76. The first-order valence-corrected chi connectivity index (χ1v) is 8.36. The number of fused-ring (bicyclic) bond motifs is 2. The largest absolute Gasteiger partial charge is 0.493 e. The maximum absolute atomic E-state index is 6.14. The third-order valence-corrected chi connectivity index (χ3v) is 5.13. The quantitative estimate of drug-likeness (QED) is 0.676. The minimum Gasteiger partial charge on any atom is -0.493 e. The molecule has 2 aromatic carbocycles. The van der Waals surface area contributed by atoms with Gasteiger partial charge in [-0.05, 0) is 48.6 Å². The second-order valence-electron chi connectivity index (χ2n) is 6.54. The Morgan fingerprint density at radius 1 is 0.864 bits per heavy atom. The first-order chi connectivity index (χ1) is 10.9. The molecule has 0 spiro atoms. The summed E-state index contributed by atoms with van der Waals surface area (Å²) < 4.78 is 6.14. The minimum absolute atomic E-state index is 0.818. The first-order valence-electron chi connectivity index (χ1n) is 8.36. The number of para-hydroxylation sites is 1. The Kier molecular flexibility index (Phi) is 3.72. The Bertz CT molecular complexity index is 659. The summed E-state index contributed by atoms with van der Waals surface area (Å²) >= 11 is 0. The van der Waals surface area contributed by atoms with Crippen LogP contribution in [0, 0.1) is 17.8 Å². The van der Waals surface area contributed by atoms with E-state index in [1.165, 1.54) is 30.4 Å². The van der Waals surface area contributed by atoms with Crippen LogP contribution in [0.1, 0.15) is 19.3 Å². The van der Waals surface area contributed by atoms with E-state index in [9.17, 15) is 0 Å². The van der Waals surface area contributed by atoms with E-state index >= 15 is 0 Å². The molecule has 2 aromatic rings. The number of allylic oxidation sites excluding steroid dienone is 2. The van der Waals surface area contributed by atoms with Crippen LogP contribution in [0.4, 0.5) is 0 Å². The molecule has 0 aliphatic heterocycles. The van der Waals surface area contributed by atoms with Gasteiger partial charge in [-0.25, -0.2) is 0 Å². The lowest BCUT2D eigenvalue weighted by molar-refractivity contribution is 0.264. The van der Waals surface area contributed by atoms with Crippen LogP contribution >= 0.6 is 0 Å². The SMILES string of the molecule is C1=C[C@@H]2CC1CC2CCOc1ccccc1-c1ccccc1. The molecule has 112 valence electrons. The number of hydrogen-bond donors (Lipinski definition) is 0. The topological polar surface area (TPSA) is 9.23 Å². The fourth-order valence-corrected chi connectivity index (χ4v) is 4.00. The molecule has 0 radical (unpaired) electrons. The van der Waals surface area contributed by atoms with Crippen molar-refractivity contribution >= 4 is 0 Å². The molecule has 4 rings (SSSR count). The van der Waals surface area contributed by atoms with Gasteiger partial charge >= 0.3 is 0 Å². The van der Waals surface area contributed by atoms with Crippen LogP contribution in [-0.4, -0.2) is 6.61 Å². The molecule has 0 heterocycles. The fourth-order valence-electron chi connectivity index (χ4n) is 4.00. The van der Waals surface area contributed by atoms with Crippen molar-refractivity contribution in [3.63, 3.8) is 0 Å². The third-order valence-electron chi connectivity index (χ3n) is 5.13. The van der Waals surface area contributed by atoms with Crippen molar-refractivity contribution in [1.82, 2.24) is 0 Å². The van der Waals surface area contributed by atoms with Gasteiger partial charge in [-0.2, -0.15) is 0 Å². The zero-order valence-electron chi connectivity index (χ0n) is 12.8. The predicted octanol–water partition coefficient (Wildman–Crippen LogP) is 5.33. The third kappa shape index (κ3) is 2.68. The molecule has 2 aliphatic rings. The van der Waals surface area contributed by atoms with Gasteiger partial charge in [0.1, 0.15) is 5.75 Å². The highest BCUT2D eigenvalue weighted by atomic mass is 16.5. The second kappa shape index (κ2) is 6.00. The molecule has 1 fully saturated rings. The van der Waals surface area contributed by atoms with Gasteiger partial charge in [-0.3, -0.25) is 0 Å². The molecular weight excluding hydrogens is 268 g/mol. The van der Waals surface area contributed by atoms with Gasteiger partial charge in [0.05, 0.1) is 6.61 Å². The molecule has 1 heteroatoms. The number of benzene rings is 2. The summed E-state index contributed by atoms with van der Waals surface area (Å²) in [5.41, 5.74) is 2.41. The second-order valence-corrected chi connectivity index (χ2v) is 6.54. The van der Waals surface area contributed by atoms with Crippen molar-refractivity contribution in [2.24, 2.45) is 17.8 Å². The van der Waals surface area contributed by atoms with Crippen LogP contribution in [0.2, 0.25) is 0 Å². The minimum atomic E-state index is 0.818. The van der Waals surface area contributed by atoms with Crippen LogP contribution in [0.25, 0.3) is 11.1 Å². The zero-order chi connectivity index (χ0) is 14.8. The Hall–Kier alpha value is -2.02. The molecule has 1 nitrogen and oxygen atoms in total. The predicted molar refractivity (Wildman–Crippen MR) is 90.8 cm³/mol. The van der Waals surface area contributed by atoms with E-state index in [2.05, 4.69) is 66.7 Å². The summed E-state index contributed by atoms with van der Waals surface area (Å²) in [6, 6.07) is 18.9. The highest BCUT2D eigenvalue weighted by Crippen LogP contribution is 2.44. The van der Waals surface area contributed by atoms with Gasteiger partial charge in [-0.1, -0.05) is 60.7 Å². The first kappa shape index (κ1) is 13.6. The lowest BCUT2D eigenvalue weighted by atomic mass is 9.91. The lowest BCUT2D eigenvalue weighted by Gasteiger charge is -2.19. The van der Waals surface area contributed by atoms with Crippen LogP contribution in [0.3, 0.4) is 0 Å². The van der Waals surface area contributed by atoms with Gasteiger partial charge in [0.2, 0.25) is 0 Å². The van der Waals surface area contributed by atoms with Crippen molar-refractivity contribution < 1.29 is 4.74 Å². The van der Waals surface area contributed by atoms with Gasteiger partial charge in [0.25, 0.3) is 0 Å². The molecule has 0 amide bonds. The van der Waals surface area contributed by atoms with Gasteiger partial charge in [0.15, 0.2) is 0 Å². The molecule has 0 N–H and O–H groups in total. The molecule has 0 saturated heterocycles. The average molecular weight is 290 g/mol. The van der Waals surface area contributed by atoms with E-state index < -0.39 is 0 Å². The number of hydrogen-bond acceptors (Lipinski definition) is 1. The Labute approximate surface area is 132 Å². The highest BCUT2D eigenvalue weighted by molar-refractivity contribution is 5.70. The molecule has 3 atom stereocenters. The number of rotatable bonds is 5. The summed E-state index contributed by atoms with van der Waals surface area (Å²) in [6.45, 7) is 0.825. The smallest absolute Gasteiger partial charge is 0.127 e. The summed E-state index contributed by atoms with van der Waals surface area (Å²) in [4.78, 5) is 0. The summed E-state index contributed by atoms with van der Waals surface area (Å²) in [7, 11) is 0. The zero-order valence-corrected chi connectivity index (χ0v) is 12.8. The van der Waals surface area contributed by atoms with Gasteiger partial charge in [-0.15, -0.1) is 0 Å². The standard InChI is InChI=1S/C21H22O/c1-2-6-17(7-3-1)20-8-4-5-9-21(20)22-13-12-19-15-16-10-11-18(19)14-16/h1-11,16,18-19H,12-15H2/t16?,18-,19?/m1/s1. The van der Waals surface area contributed by atoms with Crippen molar-refractivity contribution in [3.8, 4) is 16.9 Å². The van der Waals surface area contributed by atoms with Crippen LogP contribution in [0.15, 0.2) is 66.7 Å². The summed E-state index contributed by atoms with van der Waals surface area (Å²) in [5, 5.41) is 0. The lowest BCUT2D eigenvalue weighted by Crippen LogP contribution is -2.11. The van der Waals surface area contributed by atoms with Crippen molar-refractivity contribution in [2.45, 2.75) is 19.3 Å². The number of ether oxygens (including phenoxy) is 1. The van der Waals surface area contributed by atoms with Crippen molar-refractivity contribution in [1.29, 1.82) is 0 Å². The van der Waals surface area contributed by atoms with Crippen LogP contribution in [0.5, 0.6) is 5.75 Å². The Morgan fingerprint density at radius 2 is 1.68 bits per heavy atom. The van der Waals surface area contributed by atoms with E-state index in [0.29, 0.717) is 0 Å². The molecule has 22 heavy (non-hydrogen) atoms. The molecule has 2 aliphatic carbocycles. The summed E-state index contributed by atoms with van der Waals surface area (Å²) in [5.74, 6) is 3.51. The molecule has 2 unspecified atom stereocenters. The maximum atomic E-state index is 6.14. The van der Waals surface area contributed by atoms with E-state index in [-0.39, 0.29) is 0 Å². The van der Waals surface area contributed by atoms with Gasteiger partial charge in [0, 0.05) is 5.56 Å². The van der Waals surface area contributed by atoms with Crippen molar-refractivity contribution in [2.75, 3.05) is 6.61 Å². The Morgan fingerprint density at radius 3 is 2.45 bits per heavy atom. The maximum Gasteiger partial charge on any atom is 0.127 e. The Balaban J connectivity index is 1.42. The molecule has 0 aromatic heterocycles.